The largest absolute Gasteiger partial charge is 0.496 e. The van der Waals surface area contributed by atoms with Gasteiger partial charge in [-0.3, -0.25) is 14.9 Å². The van der Waals surface area contributed by atoms with Crippen molar-refractivity contribution >= 4 is 23.3 Å². The molecule has 1 atom stereocenters. The number of amides is 1. The fourth-order valence-electron chi connectivity index (χ4n) is 2.45. The third-order valence-electron chi connectivity index (χ3n) is 3.94. The molecule has 0 bridgehead atoms. The zero-order chi connectivity index (χ0) is 21.6. The summed E-state index contributed by atoms with van der Waals surface area (Å²) in [6.45, 7) is 1.34. The molecular formula is C19H20N2O8. The summed E-state index contributed by atoms with van der Waals surface area (Å²) in [5.74, 6) is -0.799. The predicted molar refractivity (Wildman–Crippen MR) is 103 cm³/mol. The number of hydrogen-bond donors (Lipinski definition) is 1. The highest BCUT2D eigenvalue weighted by molar-refractivity contribution is 5.99. The second-order valence-corrected chi connectivity index (χ2v) is 5.72. The Balaban J connectivity index is 2.16. The Labute approximate surface area is 166 Å². The maximum Gasteiger partial charge on any atom is 0.342 e. The van der Waals surface area contributed by atoms with E-state index in [2.05, 4.69) is 5.32 Å². The zero-order valence-electron chi connectivity index (χ0n) is 16.3. The van der Waals surface area contributed by atoms with Crippen LogP contribution in [0.5, 0.6) is 17.2 Å². The Bertz CT molecular complexity index is 928. The van der Waals surface area contributed by atoms with Crippen LogP contribution >= 0.6 is 0 Å². The van der Waals surface area contributed by atoms with Crippen LogP contribution in [0.2, 0.25) is 0 Å². The summed E-state index contributed by atoms with van der Waals surface area (Å²) in [4.78, 5) is 35.4. The number of methoxy groups -OCH3 is 3. The molecule has 0 spiro atoms. The van der Waals surface area contributed by atoms with Crippen LogP contribution in [-0.4, -0.2) is 44.2 Å². The number of para-hydroxylation sites is 1. The minimum absolute atomic E-state index is 0.0531. The van der Waals surface area contributed by atoms with Gasteiger partial charge in [-0.1, -0.05) is 6.07 Å². The number of hydrogen-bond acceptors (Lipinski definition) is 8. The molecule has 0 aliphatic heterocycles. The molecule has 1 N–H and O–H groups in total. The van der Waals surface area contributed by atoms with Gasteiger partial charge in [0.2, 0.25) is 0 Å². The molecular weight excluding hydrogens is 384 g/mol. The average molecular weight is 404 g/mol. The number of benzene rings is 2. The highest BCUT2D eigenvalue weighted by Gasteiger charge is 2.25. The summed E-state index contributed by atoms with van der Waals surface area (Å²) >= 11 is 0. The van der Waals surface area contributed by atoms with Gasteiger partial charge in [0.1, 0.15) is 17.0 Å². The van der Waals surface area contributed by atoms with E-state index in [0.717, 1.165) is 0 Å². The number of nitrogens with one attached hydrogen (secondary N) is 1. The van der Waals surface area contributed by atoms with Crippen molar-refractivity contribution in [3.05, 3.63) is 52.1 Å². The van der Waals surface area contributed by atoms with Gasteiger partial charge in [0.05, 0.1) is 32.3 Å². The first kappa shape index (κ1) is 21.5. The van der Waals surface area contributed by atoms with Crippen LogP contribution in [0.25, 0.3) is 0 Å². The van der Waals surface area contributed by atoms with E-state index in [0.29, 0.717) is 5.75 Å². The van der Waals surface area contributed by atoms with Crippen LogP contribution in [-0.2, 0) is 9.53 Å². The Morgan fingerprint density at radius 3 is 2.38 bits per heavy atom. The van der Waals surface area contributed by atoms with Crippen LogP contribution in [0.4, 0.5) is 11.4 Å². The fourth-order valence-corrected chi connectivity index (χ4v) is 2.45. The molecule has 0 saturated heterocycles. The van der Waals surface area contributed by atoms with Crippen molar-refractivity contribution in [3.8, 4) is 17.2 Å². The lowest BCUT2D eigenvalue weighted by Gasteiger charge is -2.16. The van der Waals surface area contributed by atoms with Crippen LogP contribution in [0.1, 0.15) is 17.3 Å². The quantitative estimate of drug-likeness (QED) is 0.404. The fraction of sp³-hybridized carbons (Fsp3) is 0.263. The predicted octanol–water partition coefficient (Wildman–Crippen LogP) is 2.80. The number of carbonyl (C=O) groups is 2. The highest BCUT2D eigenvalue weighted by atomic mass is 16.6. The zero-order valence-corrected chi connectivity index (χ0v) is 16.3. The number of esters is 1. The van der Waals surface area contributed by atoms with Gasteiger partial charge in [0.25, 0.3) is 11.6 Å². The summed E-state index contributed by atoms with van der Waals surface area (Å²) in [6.07, 6.45) is -1.24. The first-order valence-corrected chi connectivity index (χ1v) is 8.37. The summed E-state index contributed by atoms with van der Waals surface area (Å²) < 4.78 is 20.4. The molecule has 0 aliphatic carbocycles. The first-order valence-electron chi connectivity index (χ1n) is 8.37. The molecule has 0 fully saturated rings. The molecule has 2 aromatic rings. The van der Waals surface area contributed by atoms with E-state index < -0.39 is 22.9 Å². The Morgan fingerprint density at radius 2 is 1.79 bits per heavy atom. The third kappa shape index (κ3) is 4.92. The van der Waals surface area contributed by atoms with Crippen LogP contribution in [0.3, 0.4) is 0 Å². The van der Waals surface area contributed by atoms with E-state index in [1.807, 2.05) is 0 Å². The van der Waals surface area contributed by atoms with Gasteiger partial charge in [-0.2, -0.15) is 0 Å². The summed E-state index contributed by atoms with van der Waals surface area (Å²) in [6, 6.07) is 8.60. The molecule has 2 rings (SSSR count). The highest BCUT2D eigenvalue weighted by Crippen LogP contribution is 2.32. The van der Waals surface area contributed by atoms with Gasteiger partial charge < -0.3 is 24.3 Å². The normalized spacial score (nSPS) is 11.2. The number of ether oxygens (including phenoxy) is 4. The number of rotatable bonds is 8. The topological polar surface area (TPSA) is 126 Å². The van der Waals surface area contributed by atoms with E-state index in [1.54, 1.807) is 12.1 Å². The molecule has 10 heteroatoms. The van der Waals surface area contributed by atoms with Gasteiger partial charge >= 0.3 is 5.97 Å². The van der Waals surface area contributed by atoms with Gasteiger partial charge in [-0.05, 0) is 31.2 Å². The molecule has 1 amide bonds. The third-order valence-corrected chi connectivity index (χ3v) is 3.94. The smallest absolute Gasteiger partial charge is 0.342 e. The van der Waals surface area contributed by atoms with Gasteiger partial charge in [-0.15, -0.1) is 0 Å². The van der Waals surface area contributed by atoms with Gasteiger partial charge in [-0.25, -0.2) is 4.79 Å². The van der Waals surface area contributed by atoms with Gasteiger partial charge in [0.15, 0.2) is 17.6 Å². The van der Waals surface area contributed by atoms with Crippen LogP contribution in [0, 0.1) is 10.1 Å². The number of carbonyl (C=O) groups excluding carboxylic acids is 2. The summed E-state index contributed by atoms with van der Waals surface area (Å²) in [7, 11) is 4.16. The second-order valence-electron chi connectivity index (χ2n) is 5.72. The minimum Gasteiger partial charge on any atom is -0.496 e. The van der Waals surface area contributed by atoms with Crippen molar-refractivity contribution in [1.82, 2.24) is 0 Å². The SMILES string of the molecule is COc1ccc(NC(=O)C(C)OC(=O)c2cccc(OC)c2OC)c([N+](=O)[O-])c1. The van der Waals surface area contributed by atoms with E-state index in [4.69, 9.17) is 18.9 Å². The average Bonchev–Trinajstić information content (AvgIpc) is 2.72. The van der Waals surface area contributed by atoms with Crippen molar-refractivity contribution in [3.63, 3.8) is 0 Å². The van der Waals surface area contributed by atoms with Crippen molar-refractivity contribution in [1.29, 1.82) is 0 Å². The Morgan fingerprint density at radius 1 is 1.07 bits per heavy atom. The summed E-state index contributed by atoms with van der Waals surface area (Å²) in [5, 5.41) is 13.6. The van der Waals surface area contributed by atoms with E-state index in [-0.39, 0.29) is 28.4 Å². The molecule has 2 aromatic carbocycles. The monoisotopic (exact) mass is 404 g/mol. The lowest BCUT2D eigenvalue weighted by atomic mass is 10.2. The maximum atomic E-state index is 12.5. The Hall–Kier alpha value is -3.82. The standard InChI is InChI=1S/C19H20N2O8/c1-11(29-19(23)13-6-5-7-16(27-3)17(13)28-4)18(22)20-14-9-8-12(26-2)10-15(14)21(24)25/h5-11H,1-4H3,(H,20,22). The van der Waals surface area contributed by atoms with Crippen molar-refractivity contribution in [2.75, 3.05) is 26.6 Å². The van der Waals surface area contributed by atoms with E-state index >= 15 is 0 Å². The van der Waals surface area contributed by atoms with E-state index in [9.17, 15) is 19.7 Å². The van der Waals surface area contributed by atoms with Crippen LogP contribution in [0.15, 0.2) is 36.4 Å². The molecule has 0 saturated carbocycles. The number of anilines is 1. The number of nitro benzene ring substituents is 1. The maximum absolute atomic E-state index is 12.5. The molecule has 10 nitrogen and oxygen atoms in total. The minimum atomic E-state index is -1.24. The molecule has 0 radical (unpaired) electrons. The lowest BCUT2D eigenvalue weighted by molar-refractivity contribution is -0.384. The van der Waals surface area contributed by atoms with Crippen molar-refractivity contribution in [2.45, 2.75) is 13.0 Å². The lowest BCUT2D eigenvalue weighted by Crippen LogP contribution is -2.30. The van der Waals surface area contributed by atoms with Crippen molar-refractivity contribution in [2.24, 2.45) is 0 Å². The van der Waals surface area contributed by atoms with Crippen molar-refractivity contribution < 1.29 is 33.5 Å². The Kier molecular flexibility index (Phi) is 6.96. The molecule has 29 heavy (non-hydrogen) atoms. The molecule has 154 valence electrons. The van der Waals surface area contributed by atoms with E-state index in [1.165, 1.54) is 52.5 Å². The molecule has 0 aromatic heterocycles. The number of nitro groups is 1. The first-order chi connectivity index (χ1) is 13.8. The van der Waals surface area contributed by atoms with Gasteiger partial charge in [0, 0.05) is 0 Å². The molecule has 0 heterocycles. The summed E-state index contributed by atoms with van der Waals surface area (Å²) in [5.41, 5.74) is -0.338. The second kappa shape index (κ2) is 9.40. The van der Waals surface area contributed by atoms with Crippen LogP contribution < -0.4 is 19.5 Å². The molecule has 1 unspecified atom stereocenters. The molecule has 0 aliphatic rings. The number of nitrogens with zero attached hydrogens (tertiary/aromatic N) is 1.